The minimum atomic E-state index is -0.630. The number of carbonyl (C=O) groups is 2. The van der Waals surface area contributed by atoms with E-state index >= 15 is 0 Å². The van der Waals surface area contributed by atoms with Crippen molar-refractivity contribution in [1.82, 2.24) is 5.43 Å². The molecular formula is C16H14ClN3O4. The van der Waals surface area contributed by atoms with Gasteiger partial charge in [0.1, 0.15) is 17.9 Å². The number of para-hydroxylation sites is 1. The molecule has 2 amide bonds. The van der Waals surface area contributed by atoms with Gasteiger partial charge >= 0.3 is 0 Å². The van der Waals surface area contributed by atoms with Crippen LogP contribution in [0.15, 0.2) is 47.6 Å². The Bertz CT molecular complexity index is 793. The summed E-state index contributed by atoms with van der Waals surface area (Å²) in [6.45, 7) is 0. The van der Waals surface area contributed by atoms with Gasteiger partial charge in [0.2, 0.25) is 11.8 Å². The van der Waals surface area contributed by atoms with Gasteiger partial charge in [-0.15, -0.1) is 0 Å². The quantitative estimate of drug-likeness (QED) is 0.377. The Kier molecular flexibility index (Phi) is 5.75. The summed E-state index contributed by atoms with van der Waals surface area (Å²) >= 11 is 5.90. The minimum absolute atomic E-state index is 0.0927. The predicted molar refractivity (Wildman–Crippen MR) is 90.2 cm³/mol. The fourth-order valence-electron chi connectivity index (χ4n) is 1.76. The van der Waals surface area contributed by atoms with Crippen molar-refractivity contribution in [3.8, 4) is 11.5 Å². The van der Waals surface area contributed by atoms with Gasteiger partial charge in [0, 0.05) is 11.6 Å². The molecule has 7 nitrogen and oxygen atoms in total. The molecule has 0 spiro atoms. The Morgan fingerprint density at radius 1 is 1.12 bits per heavy atom. The summed E-state index contributed by atoms with van der Waals surface area (Å²) in [5.41, 5.74) is 2.88. The third-order valence-corrected chi connectivity index (χ3v) is 3.21. The highest BCUT2D eigenvalue weighted by molar-refractivity contribution is 6.33. The van der Waals surface area contributed by atoms with Gasteiger partial charge in [0.15, 0.2) is 0 Å². The van der Waals surface area contributed by atoms with Crippen LogP contribution in [-0.4, -0.2) is 28.2 Å². The lowest BCUT2D eigenvalue weighted by atomic mass is 10.2. The Hall–Kier alpha value is -3.06. The van der Waals surface area contributed by atoms with E-state index in [1.807, 2.05) is 0 Å². The van der Waals surface area contributed by atoms with E-state index in [2.05, 4.69) is 15.8 Å². The van der Waals surface area contributed by atoms with E-state index in [9.17, 15) is 14.7 Å². The number of benzene rings is 2. The van der Waals surface area contributed by atoms with Gasteiger partial charge in [-0.25, -0.2) is 5.43 Å². The first-order valence-corrected chi connectivity index (χ1v) is 7.22. The lowest BCUT2D eigenvalue weighted by Gasteiger charge is -2.06. The normalized spacial score (nSPS) is 10.5. The van der Waals surface area contributed by atoms with E-state index in [1.165, 1.54) is 18.3 Å². The maximum atomic E-state index is 11.7. The van der Waals surface area contributed by atoms with Crippen molar-refractivity contribution in [3.63, 3.8) is 0 Å². The molecule has 0 aliphatic heterocycles. The van der Waals surface area contributed by atoms with Crippen LogP contribution in [0, 0.1) is 0 Å². The van der Waals surface area contributed by atoms with E-state index in [4.69, 9.17) is 16.7 Å². The number of carbonyl (C=O) groups excluding carboxylic acids is 2. The molecule has 0 aliphatic carbocycles. The molecule has 2 aromatic carbocycles. The molecule has 0 heterocycles. The average molecular weight is 348 g/mol. The van der Waals surface area contributed by atoms with Gasteiger partial charge in [-0.05, 0) is 24.3 Å². The minimum Gasteiger partial charge on any atom is -0.508 e. The second-order valence-electron chi connectivity index (χ2n) is 4.74. The SMILES string of the molecule is O=C(CC(=O)Nc1ccccc1Cl)N/N=C/c1ccc(O)cc1O. The number of nitrogens with one attached hydrogen (secondary N) is 2. The highest BCUT2D eigenvalue weighted by Gasteiger charge is 2.10. The number of hydrazone groups is 1. The molecule has 0 unspecified atom stereocenters. The number of phenolic OH excluding ortho intramolecular Hbond substituents is 2. The van der Waals surface area contributed by atoms with Gasteiger partial charge in [-0.2, -0.15) is 5.10 Å². The first kappa shape index (κ1) is 17.3. The summed E-state index contributed by atoms with van der Waals surface area (Å²) in [4.78, 5) is 23.4. The molecule has 4 N–H and O–H groups in total. The van der Waals surface area contributed by atoms with Gasteiger partial charge in [0.05, 0.1) is 16.9 Å². The Morgan fingerprint density at radius 3 is 2.58 bits per heavy atom. The molecule has 0 saturated heterocycles. The zero-order chi connectivity index (χ0) is 17.5. The fraction of sp³-hybridized carbons (Fsp3) is 0.0625. The first-order valence-electron chi connectivity index (χ1n) is 6.84. The van der Waals surface area contributed by atoms with E-state index in [0.717, 1.165) is 6.07 Å². The van der Waals surface area contributed by atoms with Crippen molar-refractivity contribution in [1.29, 1.82) is 0 Å². The van der Waals surface area contributed by atoms with Gasteiger partial charge in [-0.1, -0.05) is 23.7 Å². The number of phenols is 2. The molecule has 24 heavy (non-hydrogen) atoms. The molecule has 8 heteroatoms. The van der Waals surface area contributed by atoms with Crippen LogP contribution in [0.2, 0.25) is 5.02 Å². The van der Waals surface area contributed by atoms with Crippen LogP contribution in [0.4, 0.5) is 5.69 Å². The lowest BCUT2D eigenvalue weighted by molar-refractivity contribution is -0.126. The second-order valence-corrected chi connectivity index (χ2v) is 5.15. The number of hydrogen-bond acceptors (Lipinski definition) is 5. The average Bonchev–Trinajstić information content (AvgIpc) is 2.51. The molecule has 0 aromatic heterocycles. The van der Waals surface area contributed by atoms with E-state index in [1.54, 1.807) is 24.3 Å². The molecule has 124 valence electrons. The van der Waals surface area contributed by atoms with Crippen LogP contribution in [0.25, 0.3) is 0 Å². The number of amides is 2. The number of rotatable bonds is 5. The van der Waals surface area contributed by atoms with Gasteiger partial charge in [0.25, 0.3) is 0 Å². The highest BCUT2D eigenvalue weighted by atomic mass is 35.5. The smallest absolute Gasteiger partial charge is 0.249 e. The van der Waals surface area contributed by atoms with Crippen molar-refractivity contribution in [2.24, 2.45) is 5.10 Å². The standard InChI is InChI=1S/C16H14ClN3O4/c17-12-3-1-2-4-13(12)19-15(23)8-16(24)20-18-9-10-5-6-11(21)7-14(10)22/h1-7,9,21-22H,8H2,(H,19,23)(H,20,24)/b18-9+. The molecular weight excluding hydrogens is 334 g/mol. The summed E-state index contributed by atoms with van der Waals surface area (Å²) in [5.74, 6) is -1.45. The third-order valence-electron chi connectivity index (χ3n) is 2.88. The molecule has 0 radical (unpaired) electrons. The fourth-order valence-corrected chi connectivity index (χ4v) is 1.94. The Labute approximate surface area is 142 Å². The largest absolute Gasteiger partial charge is 0.508 e. The maximum absolute atomic E-state index is 11.7. The lowest BCUT2D eigenvalue weighted by Crippen LogP contribution is -2.24. The molecule has 0 bridgehead atoms. The van der Waals surface area contributed by atoms with Crippen LogP contribution in [0.1, 0.15) is 12.0 Å². The van der Waals surface area contributed by atoms with Crippen LogP contribution in [0.5, 0.6) is 11.5 Å². The molecule has 2 aromatic rings. The number of nitrogens with zero attached hydrogens (tertiary/aromatic N) is 1. The van der Waals surface area contributed by atoms with Crippen LogP contribution >= 0.6 is 11.6 Å². The number of hydrogen-bond donors (Lipinski definition) is 4. The summed E-state index contributed by atoms with van der Waals surface area (Å²) in [6.07, 6.45) is 0.753. The Morgan fingerprint density at radius 2 is 1.88 bits per heavy atom. The summed E-state index contributed by atoms with van der Waals surface area (Å²) in [6, 6.07) is 10.6. The van der Waals surface area contributed by atoms with Crippen LogP contribution in [-0.2, 0) is 9.59 Å². The maximum Gasteiger partial charge on any atom is 0.249 e. The molecule has 0 saturated carbocycles. The third kappa shape index (κ3) is 4.99. The van der Waals surface area contributed by atoms with Crippen LogP contribution in [0.3, 0.4) is 0 Å². The van der Waals surface area contributed by atoms with Gasteiger partial charge < -0.3 is 15.5 Å². The summed E-state index contributed by atoms with van der Waals surface area (Å²) < 4.78 is 0. The van der Waals surface area contributed by atoms with E-state index in [0.29, 0.717) is 16.3 Å². The van der Waals surface area contributed by atoms with Crippen molar-refractivity contribution >= 4 is 35.3 Å². The number of anilines is 1. The monoisotopic (exact) mass is 347 g/mol. The van der Waals surface area contributed by atoms with Crippen LogP contribution < -0.4 is 10.7 Å². The van der Waals surface area contributed by atoms with E-state index < -0.39 is 18.2 Å². The summed E-state index contributed by atoms with van der Waals surface area (Å²) in [7, 11) is 0. The zero-order valence-electron chi connectivity index (χ0n) is 12.4. The molecule has 0 fully saturated rings. The first-order chi connectivity index (χ1) is 11.5. The highest BCUT2D eigenvalue weighted by Crippen LogP contribution is 2.21. The van der Waals surface area contributed by atoms with Crippen molar-refractivity contribution in [2.45, 2.75) is 6.42 Å². The summed E-state index contributed by atoms with van der Waals surface area (Å²) in [5, 5.41) is 25.2. The topological polar surface area (TPSA) is 111 Å². The predicted octanol–water partition coefficient (Wildman–Crippen LogP) is 2.23. The molecule has 0 aliphatic rings. The zero-order valence-corrected chi connectivity index (χ0v) is 13.1. The molecule has 2 rings (SSSR count). The number of halogens is 1. The second kappa shape index (κ2) is 7.98. The van der Waals surface area contributed by atoms with Gasteiger partial charge in [-0.3, -0.25) is 9.59 Å². The van der Waals surface area contributed by atoms with Crippen molar-refractivity contribution in [3.05, 3.63) is 53.1 Å². The van der Waals surface area contributed by atoms with Crippen molar-refractivity contribution in [2.75, 3.05) is 5.32 Å². The Balaban J connectivity index is 1.85. The molecule has 0 atom stereocenters. The number of aromatic hydroxyl groups is 2. The van der Waals surface area contributed by atoms with Crippen molar-refractivity contribution < 1.29 is 19.8 Å². The van der Waals surface area contributed by atoms with E-state index in [-0.39, 0.29) is 11.5 Å².